The van der Waals surface area contributed by atoms with Crippen molar-refractivity contribution in [3.8, 4) is 11.4 Å². The number of fused-ring (bicyclic) bond motifs is 5. The van der Waals surface area contributed by atoms with Crippen molar-refractivity contribution in [2.24, 2.45) is 7.05 Å². The smallest absolute Gasteiger partial charge is 0.302 e. The van der Waals surface area contributed by atoms with Gasteiger partial charge in [0.1, 0.15) is 18.3 Å². The number of aromatic nitrogens is 3. The van der Waals surface area contributed by atoms with Crippen LogP contribution in [0.25, 0.3) is 60.4 Å². The first kappa shape index (κ1) is 20.2. The Hall–Kier alpha value is -4.19. The first-order valence-corrected chi connectivity index (χ1v) is 11.4. The van der Waals surface area contributed by atoms with Crippen molar-refractivity contribution < 1.29 is 17.7 Å². The van der Waals surface area contributed by atoms with E-state index in [1.54, 1.807) is 17.7 Å². The Morgan fingerprint density at radius 1 is 0.800 bits per heavy atom. The summed E-state index contributed by atoms with van der Waals surface area (Å²) in [7, 11) is 1.70. The molecule has 0 spiro atoms. The molecular weight excluding hydrogens is 447 g/mol. The van der Waals surface area contributed by atoms with Crippen LogP contribution < -0.4 is 4.57 Å². The van der Waals surface area contributed by atoms with Crippen molar-refractivity contribution in [1.82, 2.24) is 9.38 Å². The Bertz CT molecular complexity index is 1960. The van der Waals surface area contributed by atoms with Gasteiger partial charge in [-0.25, -0.2) is 4.98 Å². The fourth-order valence-electron chi connectivity index (χ4n) is 5.63. The van der Waals surface area contributed by atoms with Crippen molar-refractivity contribution in [2.75, 3.05) is 0 Å². The SMILES string of the molecule is Cc1c(-c2c(C(F)(F)F)nc3cc4ccccc4cc3[n+]2C)n2c3ccccc3c3cccc1c32. The molecule has 0 saturated heterocycles. The van der Waals surface area contributed by atoms with E-state index in [1.165, 1.54) is 0 Å². The van der Waals surface area contributed by atoms with Crippen LogP contribution in [0.3, 0.4) is 0 Å². The van der Waals surface area contributed by atoms with E-state index >= 15 is 0 Å². The van der Waals surface area contributed by atoms with Crippen LogP contribution in [0.5, 0.6) is 0 Å². The van der Waals surface area contributed by atoms with Crippen LogP contribution in [0.2, 0.25) is 0 Å². The van der Waals surface area contributed by atoms with E-state index in [1.807, 2.05) is 84.1 Å². The molecule has 0 radical (unpaired) electrons. The van der Waals surface area contributed by atoms with Crippen LogP contribution in [-0.4, -0.2) is 9.38 Å². The number of hydrogen-bond donors (Lipinski definition) is 0. The first-order valence-electron chi connectivity index (χ1n) is 11.4. The lowest BCUT2D eigenvalue weighted by Crippen LogP contribution is -2.36. The van der Waals surface area contributed by atoms with E-state index in [-0.39, 0.29) is 5.69 Å². The molecule has 7 rings (SSSR count). The fourth-order valence-corrected chi connectivity index (χ4v) is 5.63. The number of benzene rings is 4. The maximum absolute atomic E-state index is 14.6. The molecule has 35 heavy (non-hydrogen) atoms. The summed E-state index contributed by atoms with van der Waals surface area (Å²) in [6, 6.07) is 25.2. The van der Waals surface area contributed by atoms with Crippen molar-refractivity contribution in [3.05, 3.63) is 90.1 Å². The Morgan fingerprint density at radius 3 is 2.23 bits per heavy atom. The molecule has 3 heterocycles. The molecule has 0 fully saturated rings. The topological polar surface area (TPSA) is 21.2 Å². The minimum absolute atomic E-state index is 0.0663. The van der Waals surface area contributed by atoms with Gasteiger partial charge in [0.15, 0.2) is 0 Å². The quantitative estimate of drug-likeness (QED) is 0.185. The van der Waals surface area contributed by atoms with Gasteiger partial charge in [-0.2, -0.15) is 17.7 Å². The summed E-state index contributed by atoms with van der Waals surface area (Å²) < 4.78 is 47.4. The molecule has 6 heteroatoms. The summed E-state index contributed by atoms with van der Waals surface area (Å²) in [4.78, 5) is 4.23. The third kappa shape index (κ3) is 2.62. The molecule has 3 nitrogen and oxygen atoms in total. The average Bonchev–Trinajstić information content (AvgIpc) is 3.33. The molecule has 0 saturated carbocycles. The average molecular weight is 466 g/mol. The number of hydrogen-bond acceptors (Lipinski definition) is 1. The molecule has 0 amide bonds. The fraction of sp³-hybridized carbons (Fsp3) is 0.103. The lowest BCUT2D eigenvalue weighted by atomic mass is 10.0. The number of rotatable bonds is 1. The van der Waals surface area contributed by atoms with Crippen molar-refractivity contribution in [2.45, 2.75) is 13.1 Å². The summed E-state index contributed by atoms with van der Waals surface area (Å²) in [5, 5.41) is 4.81. The highest BCUT2D eigenvalue weighted by Gasteiger charge is 2.43. The summed E-state index contributed by atoms with van der Waals surface area (Å²) in [6.45, 7) is 1.90. The predicted molar refractivity (Wildman–Crippen MR) is 133 cm³/mol. The van der Waals surface area contributed by atoms with Crippen LogP contribution in [0.15, 0.2) is 78.9 Å². The van der Waals surface area contributed by atoms with E-state index in [9.17, 15) is 13.2 Å². The number of halogens is 3. The molecule has 0 aliphatic carbocycles. The molecule has 170 valence electrons. The van der Waals surface area contributed by atoms with Gasteiger partial charge in [-0.15, -0.1) is 0 Å². The highest BCUT2D eigenvalue weighted by atomic mass is 19.4. The normalized spacial score (nSPS) is 12.7. The Balaban J connectivity index is 1.72. The van der Waals surface area contributed by atoms with Crippen LogP contribution >= 0.6 is 0 Å². The molecular formula is C29H19F3N3+. The zero-order chi connectivity index (χ0) is 24.1. The summed E-state index contributed by atoms with van der Waals surface area (Å²) in [5.74, 6) is 0. The van der Waals surface area contributed by atoms with E-state index < -0.39 is 11.9 Å². The molecule has 0 aliphatic rings. The number of aryl methyl sites for hydroxylation is 2. The Kier molecular flexibility index (Phi) is 3.86. The van der Waals surface area contributed by atoms with Crippen LogP contribution in [0.1, 0.15) is 11.3 Å². The number of alkyl halides is 3. The first-order chi connectivity index (χ1) is 16.8. The summed E-state index contributed by atoms with van der Waals surface area (Å²) in [6.07, 6.45) is -4.63. The molecule has 0 unspecified atom stereocenters. The summed E-state index contributed by atoms with van der Waals surface area (Å²) >= 11 is 0. The minimum Gasteiger partial charge on any atom is -0.302 e. The molecule has 7 aromatic rings. The van der Waals surface area contributed by atoms with Gasteiger partial charge in [-0.05, 0) is 35.4 Å². The number of para-hydroxylation sites is 2. The van der Waals surface area contributed by atoms with Gasteiger partial charge in [0.2, 0.25) is 11.2 Å². The zero-order valence-electron chi connectivity index (χ0n) is 19.0. The molecule has 0 aliphatic heterocycles. The molecule has 0 N–H and O–H groups in total. The van der Waals surface area contributed by atoms with Crippen LogP contribution in [0.4, 0.5) is 13.2 Å². The van der Waals surface area contributed by atoms with Crippen LogP contribution in [0, 0.1) is 6.92 Å². The molecule has 0 bridgehead atoms. The summed E-state index contributed by atoms with van der Waals surface area (Å²) in [5.41, 5.74) is 3.30. The van der Waals surface area contributed by atoms with Crippen molar-refractivity contribution in [3.63, 3.8) is 0 Å². The van der Waals surface area contributed by atoms with Gasteiger partial charge >= 0.3 is 6.18 Å². The van der Waals surface area contributed by atoms with Crippen LogP contribution in [-0.2, 0) is 13.2 Å². The van der Waals surface area contributed by atoms with Gasteiger partial charge in [0.25, 0.3) is 5.69 Å². The molecule has 4 aromatic carbocycles. The standard InChI is InChI=1S/C29H19F3N3/c1-16-19-11-7-12-21-20-10-5-6-13-23(20)35(26(19)21)25(16)27-28(29(30,31)32)33-22-14-17-8-3-4-9-18(17)15-24(22)34(27)2/h3-15H,1-2H3/q+1. The second-order valence-corrected chi connectivity index (χ2v) is 9.08. The van der Waals surface area contributed by atoms with Crippen molar-refractivity contribution in [1.29, 1.82) is 0 Å². The minimum atomic E-state index is -4.63. The molecule has 0 atom stereocenters. The number of nitrogens with zero attached hydrogens (tertiary/aromatic N) is 3. The van der Waals surface area contributed by atoms with E-state index in [0.29, 0.717) is 16.7 Å². The monoisotopic (exact) mass is 466 g/mol. The van der Waals surface area contributed by atoms with Gasteiger partial charge < -0.3 is 4.40 Å². The van der Waals surface area contributed by atoms with E-state index in [2.05, 4.69) is 4.98 Å². The van der Waals surface area contributed by atoms with Gasteiger partial charge in [-0.3, -0.25) is 0 Å². The highest BCUT2D eigenvalue weighted by Crippen LogP contribution is 2.43. The second kappa shape index (κ2) is 6.69. The maximum Gasteiger partial charge on any atom is 0.440 e. The predicted octanol–water partition coefficient (Wildman–Crippen LogP) is 7.20. The third-order valence-corrected chi connectivity index (χ3v) is 7.17. The van der Waals surface area contributed by atoms with E-state index in [0.717, 1.165) is 43.5 Å². The maximum atomic E-state index is 14.6. The lowest BCUT2D eigenvalue weighted by Gasteiger charge is -2.13. The Morgan fingerprint density at radius 2 is 1.46 bits per heavy atom. The van der Waals surface area contributed by atoms with Gasteiger partial charge in [0.05, 0.1) is 11.0 Å². The Labute approximate surface area is 198 Å². The largest absolute Gasteiger partial charge is 0.440 e. The third-order valence-electron chi connectivity index (χ3n) is 7.17. The van der Waals surface area contributed by atoms with E-state index in [4.69, 9.17) is 0 Å². The second-order valence-electron chi connectivity index (χ2n) is 9.08. The zero-order valence-corrected chi connectivity index (χ0v) is 19.0. The van der Waals surface area contributed by atoms with Gasteiger partial charge in [-0.1, -0.05) is 60.7 Å². The lowest BCUT2D eigenvalue weighted by molar-refractivity contribution is -0.635. The highest BCUT2D eigenvalue weighted by molar-refractivity contribution is 6.17. The van der Waals surface area contributed by atoms with Gasteiger partial charge in [0, 0.05) is 22.2 Å². The van der Waals surface area contributed by atoms with Crippen molar-refractivity contribution >= 4 is 49.0 Å². The molecule has 3 aromatic heterocycles.